The first-order valence-corrected chi connectivity index (χ1v) is 5.09. The minimum absolute atomic E-state index is 0.0253. The van der Waals surface area contributed by atoms with Gasteiger partial charge in [0, 0.05) is 6.42 Å². The first-order valence-electron chi connectivity index (χ1n) is 5.09. The van der Waals surface area contributed by atoms with Crippen molar-refractivity contribution in [2.75, 3.05) is 0 Å². The van der Waals surface area contributed by atoms with Crippen molar-refractivity contribution in [3.8, 4) is 0 Å². The molecule has 0 saturated heterocycles. The first kappa shape index (κ1) is 10.5. The molecule has 0 aromatic heterocycles. The van der Waals surface area contributed by atoms with Gasteiger partial charge >= 0.3 is 0 Å². The summed E-state index contributed by atoms with van der Waals surface area (Å²) in [7, 11) is 0. The van der Waals surface area contributed by atoms with Crippen molar-refractivity contribution < 1.29 is 13.2 Å². The molecule has 0 radical (unpaired) electrons. The monoisotopic (exact) mass is 214 g/mol. The van der Waals surface area contributed by atoms with Crippen molar-refractivity contribution >= 4 is 0 Å². The van der Waals surface area contributed by atoms with Crippen LogP contribution in [0, 0.1) is 5.82 Å². The Balaban J connectivity index is 2.38. The van der Waals surface area contributed by atoms with Crippen LogP contribution in [0.4, 0.5) is 13.2 Å². The molecule has 0 N–H and O–H groups in total. The minimum atomic E-state index is -2.70. The summed E-state index contributed by atoms with van der Waals surface area (Å²) in [4.78, 5) is 0. The molecule has 0 heterocycles. The van der Waals surface area contributed by atoms with Crippen LogP contribution in [0.3, 0.4) is 0 Å². The Morgan fingerprint density at radius 2 is 1.93 bits per heavy atom. The SMILES string of the molecule is CC(C)c1cccc(C2CC2(F)F)c1F. The maximum atomic E-state index is 13.8. The van der Waals surface area contributed by atoms with Gasteiger partial charge < -0.3 is 0 Å². The van der Waals surface area contributed by atoms with Crippen LogP contribution in [0.15, 0.2) is 18.2 Å². The van der Waals surface area contributed by atoms with E-state index >= 15 is 0 Å². The molecule has 1 fully saturated rings. The molecule has 1 saturated carbocycles. The second-order valence-electron chi connectivity index (χ2n) is 4.42. The summed E-state index contributed by atoms with van der Waals surface area (Å²) in [6.07, 6.45) is -0.217. The number of alkyl halides is 2. The molecular weight excluding hydrogens is 201 g/mol. The zero-order valence-electron chi connectivity index (χ0n) is 8.73. The third kappa shape index (κ3) is 1.75. The second kappa shape index (κ2) is 3.26. The Bertz CT molecular complexity index is 382. The second-order valence-corrected chi connectivity index (χ2v) is 4.42. The van der Waals surface area contributed by atoms with Gasteiger partial charge in [0.05, 0.1) is 5.92 Å². The highest BCUT2D eigenvalue weighted by Crippen LogP contribution is 2.56. The standard InChI is InChI=1S/C12H13F3/c1-7(2)8-4-3-5-9(11(8)13)10-6-12(10,14)15/h3-5,7,10H,6H2,1-2H3. The van der Waals surface area contributed by atoms with E-state index in [-0.39, 0.29) is 17.9 Å². The van der Waals surface area contributed by atoms with E-state index < -0.39 is 17.7 Å². The topological polar surface area (TPSA) is 0 Å². The Kier molecular flexibility index (Phi) is 2.28. The molecular formula is C12H13F3. The van der Waals surface area contributed by atoms with Crippen LogP contribution in [0.1, 0.15) is 43.2 Å². The van der Waals surface area contributed by atoms with Crippen LogP contribution in [0.5, 0.6) is 0 Å². The third-order valence-corrected chi connectivity index (χ3v) is 2.88. The molecule has 0 aliphatic heterocycles. The van der Waals surface area contributed by atoms with Gasteiger partial charge in [-0.25, -0.2) is 13.2 Å². The van der Waals surface area contributed by atoms with Crippen molar-refractivity contribution in [1.29, 1.82) is 0 Å². The van der Waals surface area contributed by atoms with E-state index in [2.05, 4.69) is 0 Å². The number of benzene rings is 1. The normalized spacial score (nSPS) is 23.2. The Morgan fingerprint density at radius 3 is 2.40 bits per heavy atom. The lowest BCUT2D eigenvalue weighted by atomic mass is 9.98. The first-order chi connectivity index (χ1) is 6.93. The van der Waals surface area contributed by atoms with Gasteiger partial charge in [-0.3, -0.25) is 0 Å². The van der Waals surface area contributed by atoms with Gasteiger partial charge in [-0.05, 0) is 17.0 Å². The van der Waals surface area contributed by atoms with Crippen molar-refractivity contribution in [2.24, 2.45) is 0 Å². The molecule has 0 bridgehead atoms. The van der Waals surface area contributed by atoms with Gasteiger partial charge in [0.2, 0.25) is 0 Å². The van der Waals surface area contributed by atoms with Crippen LogP contribution in [0.2, 0.25) is 0 Å². The van der Waals surface area contributed by atoms with E-state index in [0.29, 0.717) is 5.56 Å². The predicted molar refractivity (Wildman–Crippen MR) is 52.8 cm³/mol. The van der Waals surface area contributed by atoms with Gasteiger partial charge in [-0.2, -0.15) is 0 Å². The van der Waals surface area contributed by atoms with E-state index in [4.69, 9.17) is 0 Å². The van der Waals surface area contributed by atoms with Crippen LogP contribution >= 0.6 is 0 Å². The fraction of sp³-hybridized carbons (Fsp3) is 0.500. The predicted octanol–water partition coefficient (Wildman–Crippen LogP) is 4.07. The number of rotatable bonds is 2. The van der Waals surface area contributed by atoms with E-state index in [9.17, 15) is 13.2 Å². The molecule has 1 aliphatic carbocycles. The zero-order chi connectivity index (χ0) is 11.2. The fourth-order valence-corrected chi connectivity index (χ4v) is 1.83. The number of hydrogen-bond acceptors (Lipinski definition) is 0. The zero-order valence-corrected chi connectivity index (χ0v) is 8.73. The Hall–Kier alpha value is -0.990. The molecule has 0 spiro atoms. The summed E-state index contributed by atoms with van der Waals surface area (Å²) < 4.78 is 39.5. The molecule has 0 amide bonds. The molecule has 1 aromatic carbocycles. The van der Waals surface area contributed by atoms with Gasteiger partial charge in [0.1, 0.15) is 5.82 Å². The molecule has 0 nitrogen and oxygen atoms in total. The van der Waals surface area contributed by atoms with Crippen molar-refractivity contribution in [3.05, 3.63) is 35.1 Å². The Labute approximate surface area is 87.1 Å². The quantitative estimate of drug-likeness (QED) is 0.696. The average molecular weight is 214 g/mol. The van der Waals surface area contributed by atoms with Gasteiger partial charge in [0.15, 0.2) is 0 Å². The summed E-state index contributed by atoms with van der Waals surface area (Å²) >= 11 is 0. The molecule has 1 unspecified atom stereocenters. The van der Waals surface area contributed by atoms with E-state index in [1.165, 1.54) is 6.07 Å². The lowest BCUT2D eigenvalue weighted by molar-refractivity contribution is 0.111. The summed E-state index contributed by atoms with van der Waals surface area (Å²) in [5, 5.41) is 0. The van der Waals surface area contributed by atoms with Crippen molar-refractivity contribution in [3.63, 3.8) is 0 Å². The van der Waals surface area contributed by atoms with Crippen LogP contribution < -0.4 is 0 Å². The van der Waals surface area contributed by atoms with E-state index in [1.54, 1.807) is 12.1 Å². The average Bonchev–Trinajstić information content (AvgIpc) is 2.74. The number of halogens is 3. The highest BCUT2D eigenvalue weighted by Gasteiger charge is 2.58. The maximum Gasteiger partial charge on any atom is 0.256 e. The largest absolute Gasteiger partial charge is 0.256 e. The van der Waals surface area contributed by atoms with Crippen molar-refractivity contribution in [2.45, 2.75) is 38.0 Å². The summed E-state index contributed by atoms with van der Waals surface area (Å²) in [6, 6.07) is 4.78. The summed E-state index contributed by atoms with van der Waals surface area (Å²) in [5.74, 6) is -4.03. The van der Waals surface area contributed by atoms with Crippen LogP contribution in [-0.4, -0.2) is 5.92 Å². The minimum Gasteiger partial charge on any atom is -0.206 e. The molecule has 1 atom stereocenters. The lowest BCUT2D eigenvalue weighted by Gasteiger charge is -2.10. The summed E-state index contributed by atoms with van der Waals surface area (Å²) in [6.45, 7) is 3.71. The molecule has 2 rings (SSSR count). The molecule has 1 aliphatic rings. The third-order valence-electron chi connectivity index (χ3n) is 2.88. The highest BCUT2D eigenvalue weighted by molar-refractivity contribution is 5.35. The van der Waals surface area contributed by atoms with Crippen LogP contribution in [0.25, 0.3) is 0 Å². The Morgan fingerprint density at radius 1 is 1.33 bits per heavy atom. The highest BCUT2D eigenvalue weighted by atomic mass is 19.3. The number of hydrogen-bond donors (Lipinski definition) is 0. The molecule has 15 heavy (non-hydrogen) atoms. The maximum absolute atomic E-state index is 13.8. The van der Waals surface area contributed by atoms with E-state index in [1.807, 2.05) is 13.8 Å². The molecule has 3 heteroatoms. The smallest absolute Gasteiger partial charge is 0.206 e. The van der Waals surface area contributed by atoms with E-state index in [0.717, 1.165) is 0 Å². The van der Waals surface area contributed by atoms with Gasteiger partial charge in [0.25, 0.3) is 5.92 Å². The van der Waals surface area contributed by atoms with Crippen molar-refractivity contribution in [1.82, 2.24) is 0 Å². The van der Waals surface area contributed by atoms with Gasteiger partial charge in [-0.1, -0.05) is 32.0 Å². The van der Waals surface area contributed by atoms with Crippen LogP contribution in [-0.2, 0) is 0 Å². The molecule has 82 valence electrons. The summed E-state index contributed by atoms with van der Waals surface area (Å²) in [5.41, 5.74) is 0.696. The lowest BCUT2D eigenvalue weighted by Crippen LogP contribution is -2.00. The fourth-order valence-electron chi connectivity index (χ4n) is 1.83. The molecule has 1 aromatic rings. The van der Waals surface area contributed by atoms with Gasteiger partial charge in [-0.15, -0.1) is 0 Å².